The fourth-order valence-electron chi connectivity index (χ4n) is 4.07. The van der Waals surface area contributed by atoms with Gasteiger partial charge in [0, 0.05) is 18.1 Å². The number of pyridine rings is 1. The molecule has 5 rings (SSSR count). The van der Waals surface area contributed by atoms with Crippen molar-refractivity contribution in [1.82, 2.24) is 25.3 Å². The van der Waals surface area contributed by atoms with Gasteiger partial charge in [0.25, 0.3) is 0 Å². The average Bonchev–Trinajstić information content (AvgIpc) is 3.61. The van der Waals surface area contributed by atoms with Gasteiger partial charge in [0.2, 0.25) is 11.8 Å². The maximum atomic E-state index is 14.0. The number of ether oxygens (including phenoxy) is 1. The van der Waals surface area contributed by atoms with Crippen LogP contribution in [-0.4, -0.2) is 38.9 Å². The Morgan fingerprint density at radius 1 is 1.03 bits per heavy atom. The largest absolute Gasteiger partial charge is 0.497 e. The molecule has 5 aromatic rings. The predicted molar refractivity (Wildman–Crippen MR) is 136 cm³/mol. The summed E-state index contributed by atoms with van der Waals surface area (Å²) in [4.78, 5) is 33.2. The summed E-state index contributed by atoms with van der Waals surface area (Å²) >= 11 is 0. The number of carbonyl (C=O) groups is 2. The Morgan fingerprint density at radius 3 is 2.54 bits per heavy atom. The zero-order valence-electron chi connectivity index (χ0n) is 20.0. The number of rotatable bonds is 9. The molecule has 0 aliphatic heterocycles. The second-order valence-electron chi connectivity index (χ2n) is 8.18. The molecule has 186 valence electrons. The van der Waals surface area contributed by atoms with Crippen LogP contribution in [0.4, 0.5) is 5.69 Å². The first-order valence-corrected chi connectivity index (χ1v) is 11.6. The fraction of sp³-hybridized carbons (Fsp3) is 0.148. The number of anilines is 1. The highest BCUT2D eigenvalue weighted by Crippen LogP contribution is 2.30. The van der Waals surface area contributed by atoms with Gasteiger partial charge in [-0.15, -0.1) is 5.10 Å². The molecule has 0 spiro atoms. The molecule has 0 aliphatic carbocycles. The van der Waals surface area contributed by atoms with Crippen molar-refractivity contribution in [3.05, 3.63) is 103 Å². The second-order valence-corrected chi connectivity index (χ2v) is 8.18. The van der Waals surface area contributed by atoms with E-state index in [1.54, 1.807) is 68.0 Å². The Labute approximate surface area is 212 Å². The molecule has 0 radical (unpaired) electrons. The van der Waals surface area contributed by atoms with Crippen molar-refractivity contribution < 1.29 is 18.7 Å². The first-order valence-electron chi connectivity index (χ1n) is 11.6. The van der Waals surface area contributed by atoms with E-state index in [0.29, 0.717) is 33.8 Å². The Bertz CT molecular complexity index is 1480. The molecule has 2 aromatic carbocycles. The summed E-state index contributed by atoms with van der Waals surface area (Å²) in [6.45, 7) is 0.0470. The lowest BCUT2D eigenvalue weighted by Crippen LogP contribution is -2.45. The molecule has 0 aliphatic rings. The second kappa shape index (κ2) is 10.7. The van der Waals surface area contributed by atoms with Gasteiger partial charge in [-0.1, -0.05) is 17.3 Å². The molecule has 0 bridgehead atoms. The quantitative estimate of drug-likeness (QED) is 0.332. The van der Waals surface area contributed by atoms with Crippen LogP contribution in [0.15, 0.2) is 95.9 Å². The van der Waals surface area contributed by atoms with E-state index in [0.717, 1.165) is 0 Å². The van der Waals surface area contributed by atoms with Gasteiger partial charge < -0.3 is 14.5 Å². The number of nitrogens with one attached hydrogen (secondary N) is 1. The first kappa shape index (κ1) is 23.7. The van der Waals surface area contributed by atoms with Crippen molar-refractivity contribution in [3.63, 3.8) is 0 Å². The Morgan fingerprint density at radius 2 is 1.81 bits per heavy atom. The van der Waals surface area contributed by atoms with E-state index in [1.165, 1.54) is 15.8 Å². The summed E-state index contributed by atoms with van der Waals surface area (Å²) in [6, 6.07) is 20.3. The van der Waals surface area contributed by atoms with E-state index in [2.05, 4.69) is 20.6 Å². The zero-order chi connectivity index (χ0) is 25.6. The molecule has 0 saturated carbocycles. The van der Waals surface area contributed by atoms with E-state index in [1.807, 2.05) is 24.3 Å². The third-order valence-corrected chi connectivity index (χ3v) is 5.87. The number of amides is 2. The van der Waals surface area contributed by atoms with Crippen LogP contribution in [0.5, 0.6) is 5.75 Å². The molecule has 1 N–H and O–H groups in total. The molecular formula is C27H24N6O4. The summed E-state index contributed by atoms with van der Waals surface area (Å²) in [5.74, 6) is 0.491. The van der Waals surface area contributed by atoms with Gasteiger partial charge in [-0.05, 0) is 66.2 Å². The van der Waals surface area contributed by atoms with Crippen LogP contribution in [0.1, 0.15) is 17.4 Å². The monoisotopic (exact) mass is 496 g/mol. The van der Waals surface area contributed by atoms with Crippen LogP contribution in [0.25, 0.3) is 11.0 Å². The van der Waals surface area contributed by atoms with E-state index in [-0.39, 0.29) is 24.9 Å². The number of benzene rings is 2. The standard InChI is InChI=1S/C27H24N6O4/c1-36-21-10-8-20(9-11-21)33(25(34)18-32-24-7-3-2-6-23(24)30-31-32)26(19-12-14-28-15-13-19)27(35)29-17-22-5-4-16-37-22/h2-16,26H,17-18H2,1H3,(H,29,35)/t26-/m1/s1. The molecule has 10 nitrogen and oxygen atoms in total. The lowest BCUT2D eigenvalue weighted by Gasteiger charge is -2.31. The smallest absolute Gasteiger partial charge is 0.249 e. The highest BCUT2D eigenvalue weighted by Gasteiger charge is 2.33. The third kappa shape index (κ3) is 5.18. The average molecular weight is 497 g/mol. The number of hydrogen-bond donors (Lipinski definition) is 1. The van der Waals surface area contributed by atoms with E-state index in [4.69, 9.17) is 9.15 Å². The molecule has 0 fully saturated rings. The molecule has 0 unspecified atom stereocenters. The maximum Gasteiger partial charge on any atom is 0.249 e. The number of carbonyl (C=O) groups excluding carboxylic acids is 2. The van der Waals surface area contributed by atoms with Crippen molar-refractivity contribution in [2.24, 2.45) is 0 Å². The summed E-state index contributed by atoms with van der Waals surface area (Å²) in [5, 5.41) is 11.2. The van der Waals surface area contributed by atoms with Gasteiger partial charge in [-0.3, -0.25) is 19.5 Å². The van der Waals surface area contributed by atoms with Crippen LogP contribution >= 0.6 is 0 Å². The lowest BCUT2D eigenvalue weighted by molar-refractivity contribution is -0.127. The summed E-state index contributed by atoms with van der Waals surface area (Å²) in [6.07, 6.45) is 4.71. The Balaban J connectivity index is 1.54. The summed E-state index contributed by atoms with van der Waals surface area (Å²) in [7, 11) is 1.57. The third-order valence-electron chi connectivity index (χ3n) is 5.87. The van der Waals surface area contributed by atoms with Crippen molar-refractivity contribution in [1.29, 1.82) is 0 Å². The Hall–Kier alpha value is -4.99. The molecule has 3 heterocycles. The van der Waals surface area contributed by atoms with Gasteiger partial charge in [0.1, 0.15) is 29.6 Å². The normalized spacial score (nSPS) is 11.7. The van der Waals surface area contributed by atoms with Gasteiger partial charge in [-0.2, -0.15) is 0 Å². The minimum atomic E-state index is -0.992. The fourth-order valence-corrected chi connectivity index (χ4v) is 4.07. The van der Waals surface area contributed by atoms with Gasteiger partial charge in [0.15, 0.2) is 0 Å². The van der Waals surface area contributed by atoms with Crippen molar-refractivity contribution in [2.75, 3.05) is 12.0 Å². The molecular weight excluding hydrogens is 472 g/mol. The molecule has 10 heteroatoms. The Kier molecular flexibility index (Phi) is 6.89. The molecule has 2 amide bonds. The van der Waals surface area contributed by atoms with E-state index >= 15 is 0 Å². The number of hydrogen-bond acceptors (Lipinski definition) is 7. The van der Waals surface area contributed by atoms with Gasteiger partial charge >= 0.3 is 0 Å². The number of furan rings is 1. The van der Waals surface area contributed by atoms with Crippen molar-refractivity contribution in [2.45, 2.75) is 19.1 Å². The van der Waals surface area contributed by atoms with E-state index < -0.39 is 6.04 Å². The number of nitrogens with zero attached hydrogens (tertiary/aromatic N) is 5. The topological polar surface area (TPSA) is 115 Å². The van der Waals surface area contributed by atoms with Crippen LogP contribution < -0.4 is 15.0 Å². The highest BCUT2D eigenvalue weighted by atomic mass is 16.5. The molecule has 1 atom stereocenters. The van der Waals surface area contributed by atoms with Crippen LogP contribution in [-0.2, 0) is 22.7 Å². The number of para-hydroxylation sites is 1. The number of methoxy groups -OCH3 is 1. The van der Waals surface area contributed by atoms with Crippen molar-refractivity contribution in [3.8, 4) is 5.75 Å². The summed E-state index contributed by atoms with van der Waals surface area (Å²) < 4.78 is 12.2. The maximum absolute atomic E-state index is 14.0. The minimum absolute atomic E-state index is 0.125. The zero-order valence-corrected chi connectivity index (χ0v) is 20.0. The number of fused-ring (bicyclic) bond motifs is 1. The van der Waals surface area contributed by atoms with Crippen LogP contribution in [0.3, 0.4) is 0 Å². The van der Waals surface area contributed by atoms with E-state index in [9.17, 15) is 9.59 Å². The van der Waals surface area contributed by atoms with Gasteiger partial charge in [-0.25, -0.2) is 4.68 Å². The van der Waals surface area contributed by atoms with Crippen molar-refractivity contribution >= 4 is 28.5 Å². The van der Waals surface area contributed by atoms with Crippen LogP contribution in [0, 0.1) is 0 Å². The van der Waals surface area contributed by atoms with Crippen LogP contribution in [0.2, 0.25) is 0 Å². The predicted octanol–water partition coefficient (Wildman–Crippen LogP) is 3.52. The molecule has 3 aromatic heterocycles. The SMILES string of the molecule is COc1ccc(N(C(=O)Cn2nnc3ccccc32)[C@@H](C(=O)NCc2ccco2)c2ccncc2)cc1. The van der Waals surface area contributed by atoms with Gasteiger partial charge in [0.05, 0.1) is 25.4 Å². The highest BCUT2D eigenvalue weighted by molar-refractivity contribution is 6.01. The number of aromatic nitrogens is 4. The first-order chi connectivity index (χ1) is 18.1. The molecule has 0 saturated heterocycles. The minimum Gasteiger partial charge on any atom is -0.497 e. The molecule has 37 heavy (non-hydrogen) atoms. The summed E-state index contributed by atoms with van der Waals surface area (Å²) in [5.41, 5.74) is 2.51. The lowest BCUT2D eigenvalue weighted by atomic mass is 10.0.